The summed E-state index contributed by atoms with van der Waals surface area (Å²) in [6, 6.07) is 4.46. The molecule has 0 radical (unpaired) electrons. The largest absolute Gasteiger partial charge is 0.469 e. The highest BCUT2D eigenvalue weighted by Gasteiger charge is 2.32. The number of benzene rings is 1. The van der Waals surface area contributed by atoms with Crippen LogP contribution in [0.15, 0.2) is 21.5 Å². The van der Waals surface area contributed by atoms with Crippen molar-refractivity contribution in [2.45, 2.75) is 16.8 Å². The molecule has 0 saturated carbocycles. The summed E-state index contributed by atoms with van der Waals surface area (Å²) in [5, 5.41) is 8.91. The lowest BCUT2D eigenvalue weighted by Gasteiger charge is -2.13. The number of esters is 1. The van der Waals surface area contributed by atoms with E-state index < -0.39 is 17.9 Å². The highest BCUT2D eigenvalue weighted by atomic mass is 79.9. The van der Waals surface area contributed by atoms with Crippen LogP contribution < -0.4 is 0 Å². The maximum absolute atomic E-state index is 12.5. The molecule has 0 aliphatic carbocycles. The van der Waals surface area contributed by atoms with E-state index in [1.54, 1.807) is 6.07 Å². The van der Waals surface area contributed by atoms with E-state index >= 15 is 0 Å². The minimum Gasteiger partial charge on any atom is -0.469 e. The summed E-state index contributed by atoms with van der Waals surface area (Å²) in [6.45, 7) is 0. The molecule has 0 N–H and O–H groups in total. The van der Waals surface area contributed by atoms with Crippen molar-refractivity contribution in [3.63, 3.8) is 0 Å². The Bertz CT molecular complexity index is 540. The number of nitrogens with zero attached hydrogens (tertiary/aromatic N) is 1. The maximum atomic E-state index is 12.5. The molecule has 0 unspecified atom stereocenters. The van der Waals surface area contributed by atoms with Gasteiger partial charge in [0.1, 0.15) is 0 Å². The van der Waals surface area contributed by atoms with Crippen molar-refractivity contribution in [3.05, 3.63) is 27.7 Å². The zero-order valence-electron chi connectivity index (χ0n) is 9.55. The molecule has 0 heterocycles. The minimum absolute atomic E-state index is 0.00560. The van der Waals surface area contributed by atoms with Gasteiger partial charge in [-0.05, 0) is 45.4 Å². The molecule has 3 nitrogen and oxygen atoms in total. The third-order valence-corrected chi connectivity index (χ3v) is 3.92. The van der Waals surface area contributed by atoms with Gasteiger partial charge in [-0.25, -0.2) is 0 Å². The van der Waals surface area contributed by atoms with Gasteiger partial charge in [0.25, 0.3) is 0 Å². The van der Waals surface area contributed by atoms with Crippen LogP contribution >= 0.6 is 27.7 Å². The average Bonchev–Trinajstić information content (AvgIpc) is 2.32. The van der Waals surface area contributed by atoms with Gasteiger partial charge in [0.2, 0.25) is 0 Å². The average molecular weight is 354 g/mol. The molecular formula is C11H7BrF3NO2S. The Hall–Kier alpha value is -1.20. The first-order valence-corrected chi connectivity index (χ1v) is 6.43. The van der Waals surface area contributed by atoms with Crippen molar-refractivity contribution in [2.75, 3.05) is 7.11 Å². The molecule has 0 fully saturated rings. The van der Waals surface area contributed by atoms with Crippen LogP contribution in [0.3, 0.4) is 0 Å². The molecule has 0 amide bonds. The summed E-state index contributed by atoms with van der Waals surface area (Å²) < 4.78 is 42.1. The molecule has 19 heavy (non-hydrogen) atoms. The van der Waals surface area contributed by atoms with Crippen LogP contribution in [0.5, 0.6) is 0 Å². The number of methoxy groups -OCH3 is 1. The number of nitriles is 1. The van der Waals surface area contributed by atoms with E-state index in [0.717, 1.165) is 7.11 Å². The Morgan fingerprint density at radius 3 is 2.63 bits per heavy atom. The molecular weight excluding hydrogens is 347 g/mol. The van der Waals surface area contributed by atoms with Crippen LogP contribution in [0.4, 0.5) is 13.2 Å². The second kappa shape index (κ2) is 6.30. The summed E-state index contributed by atoms with van der Waals surface area (Å²) in [6.07, 6.45) is -0.392. The zero-order chi connectivity index (χ0) is 14.6. The summed E-state index contributed by atoms with van der Waals surface area (Å²) in [5.74, 6) is -0.710. The van der Waals surface area contributed by atoms with Gasteiger partial charge in [0.15, 0.2) is 0 Å². The molecule has 0 spiro atoms. The first-order valence-electron chi connectivity index (χ1n) is 4.82. The Kier molecular flexibility index (Phi) is 5.26. The van der Waals surface area contributed by atoms with Crippen molar-refractivity contribution < 1.29 is 22.7 Å². The number of carbonyl (C=O) groups is 1. The van der Waals surface area contributed by atoms with Crippen molar-refractivity contribution in [3.8, 4) is 6.07 Å². The van der Waals surface area contributed by atoms with E-state index in [1.807, 2.05) is 0 Å². The Labute approximate surface area is 119 Å². The molecule has 0 atom stereocenters. The van der Waals surface area contributed by atoms with Crippen molar-refractivity contribution in [1.82, 2.24) is 0 Å². The normalized spacial score (nSPS) is 10.9. The van der Waals surface area contributed by atoms with E-state index in [-0.39, 0.29) is 32.3 Å². The number of ether oxygens (including phenoxy) is 1. The van der Waals surface area contributed by atoms with Crippen LogP contribution in [-0.4, -0.2) is 18.6 Å². The quantitative estimate of drug-likeness (QED) is 0.614. The molecule has 1 aromatic carbocycles. The fraction of sp³-hybridized carbons (Fsp3) is 0.273. The molecule has 1 rings (SSSR count). The molecule has 102 valence electrons. The van der Waals surface area contributed by atoms with E-state index in [0.29, 0.717) is 0 Å². The van der Waals surface area contributed by atoms with E-state index in [1.165, 1.54) is 12.1 Å². The van der Waals surface area contributed by atoms with Gasteiger partial charge in [0.05, 0.1) is 25.2 Å². The van der Waals surface area contributed by atoms with Crippen molar-refractivity contribution in [1.29, 1.82) is 5.26 Å². The monoisotopic (exact) mass is 353 g/mol. The van der Waals surface area contributed by atoms with Crippen LogP contribution in [0, 0.1) is 11.3 Å². The van der Waals surface area contributed by atoms with Crippen LogP contribution in [0.25, 0.3) is 0 Å². The van der Waals surface area contributed by atoms with Gasteiger partial charge in [-0.15, -0.1) is 0 Å². The van der Waals surface area contributed by atoms with Gasteiger partial charge in [-0.1, -0.05) is 0 Å². The standard InChI is InChI=1S/C11H7BrF3NO2S/c1-18-9(17)4-7-6(5-16)2-3-8(12)10(7)19-11(13,14)15/h2-3H,4H2,1H3. The molecule has 0 bridgehead atoms. The number of thioether (sulfide) groups is 1. The fourth-order valence-electron chi connectivity index (χ4n) is 1.32. The van der Waals surface area contributed by atoms with Crippen LogP contribution in [0.2, 0.25) is 0 Å². The Balaban J connectivity index is 3.33. The van der Waals surface area contributed by atoms with E-state index in [4.69, 9.17) is 5.26 Å². The first-order chi connectivity index (χ1) is 8.78. The topological polar surface area (TPSA) is 50.1 Å². The number of hydrogen-bond donors (Lipinski definition) is 0. The molecule has 0 aliphatic heterocycles. The highest BCUT2D eigenvalue weighted by molar-refractivity contribution is 9.10. The van der Waals surface area contributed by atoms with E-state index in [9.17, 15) is 18.0 Å². The lowest BCUT2D eigenvalue weighted by Crippen LogP contribution is -2.09. The number of hydrogen-bond acceptors (Lipinski definition) is 4. The Morgan fingerprint density at radius 2 is 2.16 bits per heavy atom. The smallest absolute Gasteiger partial charge is 0.446 e. The lowest BCUT2D eigenvalue weighted by molar-refractivity contribution is -0.139. The van der Waals surface area contributed by atoms with Crippen LogP contribution in [0.1, 0.15) is 11.1 Å². The molecule has 0 aromatic heterocycles. The summed E-state index contributed by atoms with van der Waals surface area (Å²) >= 11 is 2.62. The van der Waals surface area contributed by atoms with Gasteiger partial charge in [-0.3, -0.25) is 4.79 Å². The van der Waals surface area contributed by atoms with E-state index in [2.05, 4.69) is 20.7 Å². The second-order valence-electron chi connectivity index (χ2n) is 3.32. The number of rotatable bonds is 3. The fourth-order valence-corrected chi connectivity index (χ4v) is 2.64. The molecule has 0 aliphatic rings. The maximum Gasteiger partial charge on any atom is 0.446 e. The predicted molar refractivity (Wildman–Crippen MR) is 66.5 cm³/mol. The SMILES string of the molecule is COC(=O)Cc1c(C#N)ccc(Br)c1SC(F)(F)F. The zero-order valence-corrected chi connectivity index (χ0v) is 11.9. The first kappa shape index (κ1) is 15.9. The molecule has 8 heteroatoms. The number of halogens is 4. The van der Waals surface area contributed by atoms with Gasteiger partial charge in [0, 0.05) is 9.37 Å². The van der Waals surface area contributed by atoms with Gasteiger partial charge >= 0.3 is 11.5 Å². The summed E-state index contributed by atoms with van der Waals surface area (Å²) in [5.41, 5.74) is -4.49. The van der Waals surface area contributed by atoms with Gasteiger partial charge in [-0.2, -0.15) is 18.4 Å². The lowest BCUT2D eigenvalue weighted by atomic mass is 10.1. The second-order valence-corrected chi connectivity index (χ2v) is 5.24. The molecule has 0 saturated heterocycles. The predicted octanol–water partition coefficient (Wildman–Crippen LogP) is 3.65. The van der Waals surface area contributed by atoms with Crippen LogP contribution in [-0.2, 0) is 16.0 Å². The highest BCUT2D eigenvalue weighted by Crippen LogP contribution is 2.43. The number of carbonyl (C=O) groups excluding carboxylic acids is 1. The third kappa shape index (κ3) is 4.44. The Morgan fingerprint density at radius 1 is 1.53 bits per heavy atom. The number of alkyl halides is 3. The van der Waals surface area contributed by atoms with Crippen molar-refractivity contribution in [2.24, 2.45) is 0 Å². The molecule has 1 aromatic rings. The minimum atomic E-state index is -4.51. The van der Waals surface area contributed by atoms with Crippen molar-refractivity contribution >= 4 is 33.7 Å². The summed E-state index contributed by atoms with van der Waals surface area (Å²) in [7, 11) is 1.13. The third-order valence-electron chi connectivity index (χ3n) is 2.10. The van der Waals surface area contributed by atoms with Gasteiger partial charge < -0.3 is 4.74 Å². The summed E-state index contributed by atoms with van der Waals surface area (Å²) in [4.78, 5) is 11.0.